The van der Waals surface area contributed by atoms with Crippen LogP contribution in [0.4, 0.5) is 0 Å². The highest BCUT2D eigenvalue weighted by molar-refractivity contribution is 6.31. The Labute approximate surface area is 187 Å². The summed E-state index contributed by atoms with van der Waals surface area (Å²) >= 11 is 11.8. The van der Waals surface area contributed by atoms with Gasteiger partial charge >= 0.3 is 0 Å². The van der Waals surface area contributed by atoms with Gasteiger partial charge in [0.15, 0.2) is 5.78 Å². The van der Waals surface area contributed by atoms with E-state index in [4.69, 9.17) is 23.2 Å². The van der Waals surface area contributed by atoms with Crippen LogP contribution < -0.4 is 0 Å². The average molecular weight is 453 g/mol. The van der Waals surface area contributed by atoms with Gasteiger partial charge in [-0.3, -0.25) is 19.2 Å². The van der Waals surface area contributed by atoms with Crippen molar-refractivity contribution in [2.75, 3.05) is 6.54 Å². The van der Waals surface area contributed by atoms with Crippen molar-refractivity contribution in [1.82, 2.24) is 10.0 Å². The third-order valence-corrected chi connectivity index (χ3v) is 5.30. The lowest BCUT2D eigenvalue weighted by Crippen LogP contribution is -2.51. The molecule has 6 nitrogen and oxygen atoms in total. The predicted molar refractivity (Wildman–Crippen MR) is 115 cm³/mol. The van der Waals surface area contributed by atoms with Crippen LogP contribution in [0.15, 0.2) is 72.8 Å². The molecule has 4 rings (SSSR count). The van der Waals surface area contributed by atoms with Crippen LogP contribution in [-0.4, -0.2) is 40.1 Å². The maximum atomic E-state index is 13.3. The number of rotatable bonds is 5. The number of fused-ring (bicyclic) bond motifs is 1. The predicted octanol–water partition coefficient (Wildman–Crippen LogP) is 4.53. The molecule has 0 fully saturated rings. The Bertz CT molecular complexity index is 1170. The monoisotopic (exact) mass is 452 g/mol. The third kappa shape index (κ3) is 3.95. The smallest absolute Gasteiger partial charge is 0.280 e. The van der Waals surface area contributed by atoms with Crippen LogP contribution in [0.2, 0.25) is 10.0 Å². The van der Waals surface area contributed by atoms with Gasteiger partial charge in [-0.25, -0.2) is 5.01 Å². The van der Waals surface area contributed by atoms with Crippen molar-refractivity contribution >= 4 is 46.7 Å². The second-order valence-electron chi connectivity index (χ2n) is 6.77. The molecule has 0 radical (unpaired) electrons. The summed E-state index contributed by atoms with van der Waals surface area (Å²) in [6.07, 6.45) is 0. The molecule has 3 aromatic carbocycles. The molecule has 0 saturated heterocycles. The average Bonchev–Trinajstić information content (AvgIpc) is 3.03. The number of amides is 3. The molecule has 0 bridgehead atoms. The fourth-order valence-electron chi connectivity index (χ4n) is 3.23. The first-order valence-corrected chi connectivity index (χ1v) is 9.96. The number of Topliss-reactive ketones (excluding diaryl/α,β-unsaturated/α-hetero) is 1. The van der Waals surface area contributed by atoms with Crippen molar-refractivity contribution < 1.29 is 19.2 Å². The molecule has 8 heteroatoms. The second-order valence-corrected chi connectivity index (χ2v) is 7.64. The van der Waals surface area contributed by atoms with E-state index in [1.165, 1.54) is 48.5 Å². The lowest BCUT2D eigenvalue weighted by atomic mass is 10.1. The van der Waals surface area contributed by atoms with Crippen molar-refractivity contribution in [3.63, 3.8) is 0 Å². The number of benzene rings is 3. The number of ketones is 1. The maximum absolute atomic E-state index is 13.3. The first-order chi connectivity index (χ1) is 14.9. The van der Waals surface area contributed by atoms with Crippen LogP contribution in [0, 0.1) is 0 Å². The summed E-state index contributed by atoms with van der Waals surface area (Å²) in [7, 11) is 0. The molecule has 3 amide bonds. The van der Waals surface area contributed by atoms with Gasteiger partial charge in [0.1, 0.15) is 6.54 Å². The van der Waals surface area contributed by atoms with Crippen molar-refractivity contribution in [3.05, 3.63) is 105 Å². The van der Waals surface area contributed by atoms with E-state index in [9.17, 15) is 19.2 Å². The van der Waals surface area contributed by atoms with Gasteiger partial charge in [-0.05, 0) is 60.7 Å². The molecule has 1 aliphatic heterocycles. The zero-order valence-electron chi connectivity index (χ0n) is 15.9. The Morgan fingerprint density at radius 1 is 0.710 bits per heavy atom. The van der Waals surface area contributed by atoms with E-state index >= 15 is 0 Å². The number of halogens is 2. The first kappa shape index (κ1) is 20.8. The minimum absolute atomic E-state index is 0.167. The molecule has 1 heterocycles. The number of hydrogen-bond donors (Lipinski definition) is 0. The molecule has 0 saturated carbocycles. The van der Waals surface area contributed by atoms with Gasteiger partial charge in [0, 0.05) is 21.2 Å². The van der Waals surface area contributed by atoms with Gasteiger partial charge in [-0.1, -0.05) is 35.3 Å². The molecular formula is C23H14Cl2N2O4. The Balaban J connectivity index is 1.72. The Morgan fingerprint density at radius 3 is 1.65 bits per heavy atom. The van der Waals surface area contributed by atoms with Crippen LogP contribution in [0.5, 0.6) is 0 Å². The molecule has 0 atom stereocenters. The standard InChI is InChI=1S/C23H14Cl2N2O4/c24-16-9-5-14(6-10-16)20(28)13-26(21(29)15-7-11-17(25)12-8-15)27-22(30)18-3-1-2-4-19(18)23(27)31/h1-12H,13H2. The molecule has 154 valence electrons. The second kappa shape index (κ2) is 8.34. The lowest BCUT2D eigenvalue weighted by molar-refractivity contribution is 0.00531. The van der Waals surface area contributed by atoms with Gasteiger partial charge in [0.2, 0.25) is 0 Å². The summed E-state index contributed by atoms with van der Waals surface area (Å²) in [5.41, 5.74) is 0.792. The van der Waals surface area contributed by atoms with E-state index in [1.807, 2.05) is 0 Å². The lowest BCUT2D eigenvalue weighted by Gasteiger charge is -2.29. The zero-order chi connectivity index (χ0) is 22.1. The number of imide groups is 1. The van der Waals surface area contributed by atoms with Crippen LogP contribution in [-0.2, 0) is 0 Å². The quantitative estimate of drug-likeness (QED) is 0.420. The van der Waals surface area contributed by atoms with Gasteiger partial charge in [0.05, 0.1) is 11.1 Å². The first-order valence-electron chi connectivity index (χ1n) is 9.21. The van der Waals surface area contributed by atoms with Crippen LogP contribution in [0.1, 0.15) is 41.4 Å². The van der Waals surface area contributed by atoms with E-state index < -0.39 is 30.0 Å². The summed E-state index contributed by atoms with van der Waals surface area (Å²) in [5.74, 6) is -2.50. The van der Waals surface area contributed by atoms with E-state index in [0.29, 0.717) is 10.0 Å². The highest BCUT2D eigenvalue weighted by Gasteiger charge is 2.42. The van der Waals surface area contributed by atoms with Crippen molar-refractivity contribution in [3.8, 4) is 0 Å². The third-order valence-electron chi connectivity index (χ3n) is 4.80. The minimum atomic E-state index is -0.687. The van der Waals surface area contributed by atoms with Crippen molar-refractivity contribution in [2.45, 2.75) is 0 Å². The number of carbonyl (C=O) groups excluding carboxylic acids is 4. The van der Waals surface area contributed by atoms with Crippen LogP contribution >= 0.6 is 23.2 Å². The molecule has 0 aliphatic carbocycles. The number of hydrazine groups is 1. The zero-order valence-corrected chi connectivity index (χ0v) is 17.4. The summed E-state index contributed by atoms with van der Waals surface area (Å²) in [6, 6.07) is 18.3. The largest absolute Gasteiger partial charge is 0.292 e. The summed E-state index contributed by atoms with van der Waals surface area (Å²) < 4.78 is 0. The molecule has 0 unspecified atom stereocenters. The normalized spacial score (nSPS) is 12.6. The van der Waals surface area contributed by atoms with Gasteiger partial charge in [-0.2, -0.15) is 5.01 Å². The van der Waals surface area contributed by atoms with Gasteiger partial charge in [0.25, 0.3) is 17.7 Å². The number of carbonyl (C=O) groups is 4. The molecule has 1 aliphatic rings. The molecule has 0 aromatic heterocycles. The van der Waals surface area contributed by atoms with Crippen molar-refractivity contribution in [2.24, 2.45) is 0 Å². The maximum Gasteiger partial charge on any atom is 0.280 e. The number of nitrogens with zero attached hydrogens (tertiary/aromatic N) is 2. The van der Waals surface area contributed by atoms with Crippen LogP contribution in [0.3, 0.4) is 0 Å². The van der Waals surface area contributed by atoms with Crippen molar-refractivity contribution in [1.29, 1.82) is 0 Å². The highest BCUT2D eigenvalue weighted by atomic mass is 35.5. The minimum Gasteiger partial charge on any atom is -0.292 e. The van der Waals surface area contributed by atoms with Gasteiger partial charge in [-0.15, -0.1) is 0 Å². The molecule has 0 N–H and O–H groups in total. The number of hydrogen-bond acceptors (Lipinski definition) is 4. The summed E-state index contributed by atoms with van der Waals surface area (Å²) in [5, 5.41) is 2.45. The van der Waals surface area contributed by atoms with Crippen LogP contribution in [0.25, 0.3) is 0 Å². The Kier molecular flexibility index (Phi) is 5.59. The Morgan fingerprint density at radius 2 is 1.16 bits per heavy atom. The fraction of sp³-hybridized carbons (Fsp3) is 0.0435. The fourth-order valence-corrected chi connectivity index (χ4v) is 3.49. The SMILES string of the molecule is O=C(CN(C(=O)c1ccc(Cl)cc1)N1C(=O)c2ccccc2C1=O)c1ccc(Cl)cc1. The highest BCUT2D eigenvalue weighted by Crippen LogP contribution is 2.26. The molecule has 3 aromatic rings. The summed E-state index contributed by atoms with van der Waals surface area (Å²) in [4.78, 5) is 52.1. The van der Waals surface area contributed by atoms with E-state index in [2.05, 4.69) is 0 Å². The summed E-state index contributed by atoms with van der Waals surface area (Å²) in [6.45, 7) is -0.519. The molecular weight excluding hydrogens is 439 g/mol. The molecule has 0 spiro atoms. The van der Waals surface area contributed by atoms with E-state index in [1.54, 1.807) is 24.3 Å². The Hall–Kier alpha value is -3.48. The van der Waals surface area contributed by atoms with E-state index in [-0.39, 0.29) is 22.3 Å². The van der Waals surface area contributed by atoms with Gasteiger partial charge < -0.3 is 0 Å². The topological polar surface area (TPSA) is 74.8 Å². The molecule has 31 heavy (non-hydrogen) atoms. The van der Waals surface area contributed by atoms with E-state index in [0.717, 1.165) is 10.0 Å².